The van der Waals surface area contributed by atoms with E-state index in [1.165, 1.54) is 0 Å². The number of fused-ring (bicyclic) bond motifs is 1. The molecular weight excluding hydrogens is 372 g/mol. The summed E-state index contributed by atoms with van der Waals surface area (Å²) in [6, 6.07) is 3.15. The van der Waals surface area contributed by atoms with Crippen molar-refractivity contribution in [1.82, 2.24) is 10.1 Å². The first-order valence-corrected chi connectivity index (χ1v) is 8.99. The van der Waals surface area contributed by atoms with E-state index in [1.54, 1.807) is 12.1 Å². The summed E-state index contributed by atoms with van der Waals surface area (Å²) in [6.07, 6.45) is 1.36. The lowest BCUT2D eigenvalue weighted by Gasteiger charge is -2.19. The van der Waals surface area contributed by atoms with Crippen molar-refractivity contribution in [3.8, 4) is 5.75 Å². The van der Waals surface area contributed by atoms with Crippen LogP contribution in [0.3, 0.4) is 0 Å². The maximum absolute atomic E-state index is 12.2. The fourth-order valence-corrected chi connectivity index (χ4v) is 2.68. The number of aromatic nitrogens is 2. The molecule has 0 saturated carbocycles. The molecule has 0 aliphatic carbocycles. The first-order chi connectivity index (χ1) is 12.7. The van der Waals surface area contributed by atoms with Gasteiger partial charge < -0.3 is 19.9 Å². The van der Waals surface area contributed by atoms with Gasteiger partial charge in [-0.05, 0) is 12.5 Å². The molecule has 0 spiro atoms. The molecule has 1 aliphatic heterocycles. The van der Waals surface area contributed by atoms with E-state index < -0.39 is 0 Å². The van der Waals surface area contributed by atoms with E-state index >= 15 is 0 Å². The number of hydrogen-bond acceptors (Lipinski definition) is 6. The Hall–Kier alpha value is -2.61. The van der Waals surface area contributed by atoms with Crippen LogP contribution in [-0.4, -0.2) is 28.6 Å². The van der Waals surface area contributed by atoms with Gasteiger partial charge in [0.25, 0.3) is 5.91 Å². The second-order valence-electron chi connectivity index (χ2n) is 7.33. The van der Waals surface area contributed by atoms with Crippen molar-refractivity contribution in [2.45, 2.75) is 45.4 Å². The van der Waals surface area contributed by atoms with Gasteiger partial charge in [0.15, 0.2) is 12.4 Å². The zero-order chi connectivity index (χ0) is 19.6. The van der Waals surface area contributed by atoms with Crippen molar-refractivity contribution in [3.05, 3.63) is 28.9 Å². The zero-order valence-electron chi connectivity index (χ0n) is 15.4. The summed E-state index contributed by atoms with van der Waals surface area (Å²) in [6.45, 7) is 5.95. The molecule has 144 valence electrons. The van der Waals surface area contributed by atoms with Crippen molar-refractivity contribution in [3.63, 3.8) is 0 Å². The van der Waals surface area contributed by atoms with Gasteiger partial charge in [-0.25, -0.2) is 0 Å². The van der Waals surface area contributed by atoms with Gasteiger partial charge in [0.1, 0.15) is 5.75 Å². The highest BCUT2D eigenvalue weighted by Crippen LogP contribution is 2.36. The SMILES string of the molecule is CC(C)(C)c1noc(CCCC(=O)Nc2cc3c(cc2Cl)NC(=O)CO3)n1. The quantitative estimate of drug-likeness (QED) is 0.808. The van der Waals surface area contributed by atoms with Crippen LogP contribution >= 0.6 is 11.6 Å². The van der Waals surface area contributed by atoms with Crippen LogP contribution < -0.4 is 15.4 Å². The average Bonchev–Trinajstić information content (AvgIpc) is 3.05. The molecule has 1 aliphatic rings. The van der Waals surface area contributed by atoms with Crippen molar-refractivity contribution >= 4 is 34.8 Å². The van der Waals surface area contributed by atoms with Crippen LogP contribution in [0.5, 0.6) is 5.75 Å². The molecule has 2 N–H and O–H groups in total. The minimum atomic E-state index is -0.244. The normalized spacial score (nSPS) is 13.6. The third kappa shape index (κ3) is 4.77. The van der Waals surface area contributed by atoms with E-state index in [0.29, 0.717) is 46.7 Å². The van der Waals surface area contributed by atoms with Crippen molar-refractivity contribution in [2.75, 3.05) is 17.2 Å². The number of ether oxygens (including phenoxy) is 1. The smallest absolute Gasteiger partial charge is 0.262 e. The summed E-state index contributed by atoms with van der Waals surface area (Å²) in [5, 5.41) is 9.70. The lowest BCUT2D eigenvalue weighted by Crippen LogP contribution is -2.25. The van der Waals surface area contributed by atoms with Gasteiger partial charge in [0.05, 0.1) is 16.4 Å². The largest absolute Gasteiger partial charge is 0.482 e. The topological polar surface area (TPSA) is 106 Å². The maximum atomic E-state index is 12.2. The number of nitrogens with zero attached hydrogens (tertiary/aromatic N) is 2. The zero-order valence-corrected chi connectivity index (χ0v) is 16.1. The average molecular weight is 393 g/mol. The van der Waals surface area contributed by atoms with E-state index in [-0.39, 0.29) is 30.3 Å². The highest BCUT2D eigenvalue weighted by atomic mass is 35.5. The number of nitrogens with one attached hydrogen (secondary N) is 2. The molecule has 1 aromatic carbocycles. The van der Waals surface area contributed by atoms with E-state index in [4.69, 9.17) is 20.9 Å². The van der Waals surface area contributed by atoms with Gasteiger partial charge >= 0.3 is 0 Å². The van der Waals surface area contributed by atoms with Crippen molar-refractivity contribution < 1.29 is 18.8 Å². The molecule has 1 aromatic heterocycles. The summed E-state index contributed by atoms with van der Waals surface area (Å²) >= 11 is 6.17. The Bertz CT molecular complexity index is 873. The van der Waals surface area contributed by atoms with E-state index in [0.717, 1.165) is 0 Å². The van der Waals surface area contributed by atoms with E-state index in [9.17, 15) is 9.59 Å². The van der Waals surface area contributed by atoms with Gasteiger partial charge in [-0.2, -0.15) is 4.98 Å². The fraction of sp³-hybridized carbons (Fsp3) is 0.444. The van der Waals surface area contributed by atoms with E-state index in [1.807, 2.05) is 20.8 Å². The summed E-state index contributed by atoms with van der Waals surface area (Å²) in [5.74, 6) is 1.20. The van der Waals surface area contributed by atoms with Crippen molar-refractivity contribution in [1.29, 1.82) is 0 Å². The summed E-state index contributed by atoms with van der Waals surface area (Å²) in [4.78, 5) is 27.9. The molecular formula is C18H21ClN4O4. The Morgan fingerprint density at radius 2 is 2.15 bits per heavy atom. The number of anilines is 2. The molecule has 0 radical (unpaired) electrons. The van der Waals surface area contributed by atoms with Crippen LogP contribution in [0.4, 0.5) is 11.4 Å². The van der Waals surface area contributed by atoms with Crippen LogP contribution in [0.2, 0.25) is 5.02 Å². The number of benzene rings is 1. The minimum Gasteiger partial charge on any atom is -0.482 e. The van der Waals surface area contributed by atoms with Crippen LogP contribution in [0.25, 0.3) is 0 Å². The molecule has 8 nitrogen and oxygen atoms in total. The lowest BCUT2D eigenvalue weighted by molar-refractivity contribution is -0.118. The van der Waals surface area contributed by atoms with Gasteiger partial charge in [-0.1, -0.05) is 37.5 Å². The molecule has 2 amide bonds. The summed E-state index contributed by atoms with van der Waals surface area (Å²) in [7, 11) is 0. The first-order valence-electron chi connectivity index (χ1n) is 8.61. The third-order valence-corrected chi connectivity index (χ3v) is 4.22. The third-order valence-electron chi connectivity index (χ3n) is 3.91. The first kappa shape index (κ1) is 19.2. The molecule has 2 aromatic rings. The Kier molecular flexibility index (Phi) is 5.36. The monoisotopic (exact) mass is 392 g/mol. The standard InChI is InChI=1S/C18H21ClN4O4/c1-18(2,3)17-22-16(27-23-17)6-4-5-14(24)20-11-8-13-12(7-10(11)19)21-15(25)9-26-13/h7-8H,4-6,9H2,1-3H3,(H,20,24)(H,21,25). The van der Waals surface area contributed by atoms with Gasteiger partial charge in [-0.15, -0.1) is 0 Å². The van der Waals surface area contributed by atoms with Gasteiger partial charge in [0, 0.05) is 24.3 Å². The van der Waals surface area contributed by atoms with Crippen LogP contribution in [-0.2, 0) is 21.4 Å². The minimum absolute atomic E-state index is 0.0667. The van der Waals surface area contributed by atoms with E-state index in [2.05, 4.69) is 20.8 Å². The number of amides is 2. The maximum Gasteiger partial charge on any atom is 0.262 e. The molecule has 9 heteroatoms. The highest BCUT2D eigenvalue weighted by Gasteiger charge is 2.21. The fourth-order valence-electron chi connectivity index (χ4n) is 2.47. The Morgan fingerprint density at radius 3 is 2.85 bits per heavy atom. The predicted octanol–water partition coefficient (Wildman–Crippen LogP) is 3.31. The van der Waals surface area contributed by atoms with Crippen LogP contribution in [0, 0.1) is 0 Å². The molecule has 0 unspecified atom stereocenters. The molecule has 0 bridgehead atoms. The number of rotatable bonds is 5. The van der Waals surface area contributed by atoms with Crippen molar-refractivity contribution in [2.24, 2.45) is 0 Å². The lowest BCUT2D eigenvalue weighted by atomic mass is 9.96. The summed E-state index contributed by atoms with van der Waals surface area (Å²) < 4.78 is 10.5. The Balaban J connectivity index is 1.54. The number of hydrogen-bond donors (Lipinski definition) is 2. The van der Waals surface area contributed by atoms with Crippen LogP contribution in [0.15, 0.2) is 16.7 Å². The number of aryl methyl sites for hydroxylation is 1. The number of carbonyl (C=O) groups is 2. The Morgan fingerprint density at radius 1 is 1.37 bits per heavy atom. The molecule has 0 fully saturated rings. The second-order valence-corrected chi connectivity index (χ2v) is 7.74. The Labute approximate surface area is 161 Å². The summed E-state index contributed by atoms with van der Waals surface area (Å²) in [5.41, 5.74) is 0.744. The molecule has 3 rings (SSSR count). The predicted molar refractivity (Wildman–Crippen MR) is 100 cm³/mol. The van der Waals surface area contributed by atoms with Gasteiger partial charge in [0.2, 0.25) is 11.8 Å². The second kappa shape index (κ2) is 7.56. The molecule has 27 heavy (non-hydrogen) atoms. The van der Waals surface area contributed by atoms with Gasteiger partial charge in [-0.3, -0.25) is 9.59 Å². The molecule has 0 saturated heterocycles. The number of carbonyl (C=O) groups excluding carboxylic acids is 2. The van der Waals surface area contributed by atoms with Crippen LogP contribution in [0.1, 0.15) is 45.3 Å². The molecule has 2 heterocycles. The highest BCUT2D eigenvalue weighted by molar-refractivity contribution is 6.34. The number of halogens is 1. The molecule has 0 atom stereocenters.